The van der Waals surface area contributed by atoms with Crippen molar-refractivity contribution in [3.05, 3.63) is 16.1 Å². The zero-order valence-electron chi connectivity index (χ0n) is 11.9. The van der Waals surface area contributed by atoms with Gasteiger partial charge in [0.15, 0.2) is 0 Å². The van der Waals surface area contributed by atoms with Crippen molar-refractivity contribution in [2.24, 2.45) is 0 Å². The van der Waals surface area contributed by atoms with E-state index in [2.05, 4.69) is 16.8 Å². The Labute approximate surface area is 124 Å². The van der Waals surface area contributed by atoms with Crippen LogP contribution in [0.1, 0.15) is 30.1 Å². The molecule has 1 heterocycles. The van der Waals surface area contributed by atoms with Gasteiger partial charge in [-0.2, -0.15) is 0 Å². The SMILES string of the molecule is COCCCN(CCOC)C(C)c1nc(CCl)cs1. The lowest BCUT2D eigenvalue weighted by Crippen LogP contribution is -2.32. The molecule has 0 N–H and O–H groups in total. The number of nitrogens with zero attached hydrogens (tertiary/aromatic N) is 2. The second-order valence-corrected chi connectivity index (χ2v) is 5.52. The highest BCUT2D eigenvalue weighted by molar-refractivity contribution is 7.09. The van der Waals surface area contributed by atoms with Crippen molar-refractivity contribution in [2.75, 3.05) is 40.5 Å². The molecule has 0 radical (unpaired) electrons. The van der Waals surface area contributed by atoms with Gasteiger partial charge in [0.05, 0.1) is 24.2 Å². The molecule has 1 rings (SSSR count). The average molecular weight is 307 g/mol. The molecule has 110 valence electrons. The van der Waals surface area contributed by atoms with Gasteiger partial charge in [0.25, 0.3) is 0 Å². The third-order valence-electron chi connectivity index (χ3n) is 2.99. The van der Waals surface area contributed by atoms with Crippen molar-refractivity contribution in [2.45, 2.75) is 25.3 Å². The minimum absolute atomic E-state index is 0.286. The Morgan fingerprint density at radius 2 is 2.05 bits per heavy atom. The van der Waals surface area contributed by atoms with Gasteiger partial charge in [0.2, 0.25) is 0 Å². The topological polar surface area (TPSA) is 34.6 Å². The molecule has 19 heavy (non-hydrogen) atoms. The second-order valence-electron chi connectivity index (χ2n) is 4.36. The van der Waals surface area contributed by atoms with E-state index < -0.39 is 0 Å². The molecule has 0 spiro atoms. The van der Waals surface area contributed by atoms with Crippen molar-refractivity contribution in [3.63, 3.8) is 0 Å². The molecule has 1 atom stereocenters. The first-order valence-corrected chi connectivity index (χ1v) is 7.86. The Hall–Kier alpha value is -0.200. The van der Waals surface area contributed by atoms with Gasteiger partial charge in [-0.15, -0.1) is 22.9 Å². The van der Waals surface area contributed by atoms with Gasteiger partial charge >= 0.3 is 0 Å². The Bertz CT molecular complexity index is 349. The van der Waals surface area contributed by atoms with Crippen molar-refractivity contribution in [1.82, 2.24) is 9.88 Å². The van der Waals surface area contributed by atoms with E-state index in [9.17, 15) is 0 Å². The molecule has 6 heteroatoms. The Morgan fingerprint density at radius 1 is 1.32 bits per heavy atom. The highest BCUT2D eigenvalue weighted by atomic mass is 35.5. The zero-order valence-corrected chi connectivity index (χ0v) is 13.5. The molecule has 0 bridgehead atoms. The number of hydrogen-bond acceptors (Lipinski definition) is 5. The fourth-order valence-electron chi connectivity index (χ4n) is 1.85. The number of rotatable bonds is 10. The normalized spacial score (nSPS) is 13.1. The lowest BCUT2D eigenvalue weighted by molar-refractivity contribution is 0.111. The lowest BCUT2D eigenvalue weighted by atomic mass is 10.2. The van der Waals surface area contributed by atoms with Crippen LogP contribution in [0.4, 0.5) is 0 Å². The van der Waals surface area contributed by atoms with E-state index in [1.807, 2.05) is 5.38 Å². The smallest absolute Gasteiger partial charge is 0.110 e. The summed E-state index contributed by atoms with van der Waals surface area (Å²) >= 11 is 7.48. The van der Waals surface area contributed by atoms with Crippen LogP contribution in [0.3, 0.4) is 0 Å². The highest BCUT2D eigenvalue weighted by Crippen LogP contribution is 2.24. The van der Waals surface area contributed by atoms with Gasteiger partial charge in [-0.1, -0.05) is 0 Å². The van der Waals surface area contributed by atoms with E-state index >= 15 is 0 Å². The van der Waals surface area contributed by atoms with Crippen molar-refractivity contribution < 1.29 is 9.47 Å². The second kappa shape index (κ2) is 9.66. The number of alkyl halides is 1. The van der Waals surface area contributed by atoms with E-state index in [1.165, 1.54) is 0 Å². The minimum atomic E-state index is 0.286. The van der Waals surface area contributed by atoms with Crippen LogP contribution in [-0.2, 0) is 15.4 Å². The van der Waals surface area contributed by atoms with Gasteiger partial charge in [0.1, 0.15) is 5.01 Å². The van der Waals surface area contributed by atoms with Crippen LogP contribution in [0, 0.1) is 0 Å². The molecule has 0 saturated carbocycles. The van der Waals surface area contributed by atoms with Crippen LogP contribution in [0.2, 0.25) is 0 Å². The van der Waals surface area contributed by atoms with Gasteiger partial charge in [-0.25, -0.2) is 4.98 Å². The van der Waals surface area contributed by atoms with Crippen LogP contribution in [0.25, 0.3) is 0 Å². The monoisotopic (exact) mass is 306 g/mol. The molecule has 0 aliphatic rings. The number of aromatic nitrogens is 1. The molecule has 0 amide bonds. The quantitative estimate of drug-likeness (QED) is 0.492. The van der Waals surface area contributed by atoms with Gasteiger partial charge in [0, 0.05) is 39.3 Å². The number of halogens is 1. The molecular weight excluding hydrogens is 284 g/mol. The van der Waals surface area contributed by atoms with Crippen molar-refractivity contribution in [3.8, 4) is 0 Å². The molecule has 0 fully saturated rings. The summed E-state index contributed by atoms with van der Waals surface area (Å²) in [6, 6.07) is 0.286. The lowest BCUT2D eigenvalue weighted by Gasteiger charge is -2.27. The number of ether oxygens (including phenoxy) is 2. The molecule has 0 saturated heterocycles. The summed E-state index contributed by atoms with van der Waals surface area (Å²) in [5.74, 6) is 0.477. The first kappa shape index (κ1) is 16.9. The standard InChI is InChI=1S/C13H23ClN2O2S/c1-11(13-15-12(9-14)10-19-13)16(6-8-18-3)5-4-7-17-2/h10-11H,4-9H2,1-3H3. The van der Waals surface area contributed by atoms with Crippen LogP contribution < -0.4 is 0 Å². The largest absolute Gasteiger partial charge is 0.385 e. The van der Waals surface area contributed by atoms with Gasteiger partial charge in [-0.3, -0.25) is 4.90 Å². The average Bonchev–Trinajstić information content (AvgIpc) is 2.91. The Morgan fingerprint density at radius 3 is 2.63 bits per heavy atom. The van der Waals surface area contributed by atoms with Crippen molar-refractivity contribution >= 4 is 22.9 Å². The third kappa shape index (κ3) is 5.75. The number of methoxy groups -OCH3 is 2. The van der Waals surface area contributed by atoms with E-state index in [4.69, 9.17) is 21.1 Å². The number of hydrogen-bond donors (Lipinski definition) is 0. The van der Waals surface area contributed by atoms with Crippen LogP contribution >= 0.6 is 22.9 Å². The van der Waals surface area contributed by atoms with Crippen LogP contribution in [0.15, 0.2) is 5.38 Å². The number of thiazole rings is 1. The maximum absolute atomic E-state index is 5.80. The maximum Gasteiger partial charge on any atom is 0.110 e. The summed E-state index contributed by atoms with van der Waals surface area (Å²) in [4.78, 5) is 6.93. The minimum Gasteiger partial charge on any atom is -0.385 e. The van der Waals surface area contributed by atoms with Crippen LogP contribution in [-0.4, -0.2) is 50.4 Å². The maximum atomic E-state index is 5.80. The summed E-state index contributed by atoms with van der Waals surface area (Å²) in [5, 5.41) is 3.15. The molecule has 1 aromatic heterocycles. The van der Waals surface area contributed by atoms with Gasteiger partial charge in [-0.05, 0) is 13.3 Å². The summed E-state index contributed by atoms with van der Waals surface area (Å²) in [7, 11) is 3.46. The summed E-state index contributed by atoms with van der Waals surface area (Å²) in [5.41, 5.74) is 0.956. The molecule has 0 aliphatic heterocycles. The predicted octanol–water partition coefficient (Wildman–Crippen LogP) is 2.93. The van der Waals surface area contributed by atoms with E-state index in [1.54, 1.807) is 25.6 Å². The molecular formula is C13H23ClN2O2S. The highest BCUT2D eigenvalue weighted by Gasteiger charge is 2.18. The fraction of sp³-hybridized carbons (Fsp3) is 0.769. The van der Waals surface area contributed by atoms with E-state index in [-0.39, 0.29) is 6.04 Å². The summed E-state index contributed by atoms with van der Waals surface area (Å²) < 4.78 is 10.3. The van der Waals surface area contributed by atoms with E-state index in [0.29, 0.717) is 5.88 Å². The van der Waals surface area contributed by atoms with Crippen LogP contribution in [0.5, 0.6) is 0 Å². The third-order valence-corrected chi connectivity index (χ3v) is 4.33. The Balaban J connectivity index is 2.60. The summed E-state index contributed by atoms with van der Waals surface area (Å²) in [6.07, 6.45) is 1.01. The summed E-state index contributed by atoms with van der Waals surface area (Å²) in [6.45, 7) is 5.57. The van der Waals surface area contributed by atoms with Crippen molar-refractivity contribution in [1.29, 1.82) is 0 Å². The molecule has 0 aromatic carbocycles. The van der Waals surface area contributed by atoms with E-state index in [0.717, 1.165) is 43.4 Å². The predicted molar refractivity (Wildman–Crippen MR) is 80.0 cm³/mol. The van der Waals surface area contributed by atoms with Gasteiger partial charge < -0.3 is 9.47 Å². The first-order valence-electron chi connectivity index (χ1n) is 6.45. The molecule has 0 aliphatic carbocycles. The molecule has 4 nitrogen and oxygen atoms in total. The first-order chi connectivity index (χ1) is 9.22. The molecule has 1 unspecified atom stereocenters. The zero-order chi connectivity index (χ0) is 14.1. The molecule has 1 aromatic rings. The Kier molecular flexibility index (Phi) is 8.57. The fourth-order valence-corrected chi connectivity index (χ4v) is 2.99.